The highest BCUT2D eigenvalue weighted by Crippen LogP contribution is 2.45. The Morgan fingerprint density at radius 1 is 1.39 bits per heavy atom. The van der Waals surface area contributed by atoms with Crippen molar-refractivity contribution in [3.63, 3.8) is 0 Å². The standard InChI is InChI=1S/C13H18N4S/c1-8-6-9-10(15-7-13(2)4-5-13)16-12(14-3)17-11(9)18-8/h6H,4-5,7H2,1-3H3,(H2,14,15,16,17). The van der Waals surface area contributed by atoms with Gasteiger partial charge in [-0.3, -0.25) is 0 Å². The molecule has 2 heterocycles. The minimum Gasteiger partial charge on any atom is -0.369 e. The fourth-order valence-corrected chi connectivity index (χ4v) is 2.86. The van der Waals surface area contributed by atoms with Crippen molar-refractivity contribution >= 4 is 33.3 Å². The van der Waals surface area contributed by atoms with Crippen molar-refractivity contribution in [2.45, 2.75) is 26.7 Å². The van der Waals surface area contributed by atoms with E-state index in [4.69, 9.17) is 0 Å². The average molecular weight is 262 g/mol. The number of nitrogens with zero attached hydrogens (tertiary/aromatic N) is 2. The molecule has 1 aliphatic carbocycles. The average Bonchev–Trinajstić information content (AvgIpc) is 2.96. The summed E-state index contributed by atoms with van der Waals surface area (Å²) in [7, 11) is 1.85. The molecule has 0 aromatic carbocycles. The molecule has 2 N–H and O–H groups in total. The van der Waals surface area contributed by atoms with Crippen molar-refractivity contribution < 1.29 is 0 Å². The maximum absolute atomic E-state index is 4.54. The van der Waals surface area contributed by atoms with Crippen molar-refractivity contribution in [2.75, 3.05) is 24.2 Å². The Labute approximate surface area is 111 Å². The van der Waals surface area contributed by atoms with E-state index in [9.17, 15) is 0 Å². The van der Waals surface area contributed by atoms with Gasteiger partial charge in [0, 0.05) is 18.5 Å². The molecule has 2 aromatic rings. The topological polar surface area (TPSA) is 49.8 Å². The largest absolute Gasteiger partial charge is 0.369 e. The molecule has 0 bridgehead atoms. The smallest absolute Gasteiger partial charge is 0.225 e. The number of rotatable bonds is 4. The Morgan fingerprint density at radius 3 is 2.83 bits per heavy atom. The lowest BCUT2D eigenvalue weighted by atomic mass is 10.1. The van der Waals surface area contributed by atoms with Crippen LogP contribution in [0.3, 0.4) is 0 Å². The minimum atomic E-state index is 0.474. The van der Waals surface area contributed by atoms with E-state index in [1.165, 1.54) is 17.7 Å². The zero-order valence-corrected chi connectivity index (χ0v) is 11.8. The molecule has 0 amide bonds. The van der Waals surface area contributed by atoms with E-state index < -0.39 is 0 Å². The van der Waals surface area contributed by atoms with Crippen LogP contribution in [0.2, 0.25) is 0 Å². The number of thiophene rings is 1. The van der Waals surface area contributed by atoms with Crippen molar-refractivity contribution in [1.29, 1.82) is 0 Å². The van der Waals surface area contributed by atoms with Crippen molar-refractivity contribution in [3.05, 3.63) is 10.9 Å². The summed E-state index contributed by atoms with van der Waals surface area (Å²) in [6.07, 6.45) is 2.63. The van der Waals surface area contributed by atoms with Gasteiger partial charge in [-0.15, -0.1) is 11.3 Å². The van der Waals surface area contributed by atoms with Crippen LogP contribution >= 0.6 is 11.3 Å². The van der Waals surface area contributed by atoms with E-state index in [0.717, 1.165) is 22.6 Å². The summed E-state index contributed by atoms with van der Waals surface area (Å²) in [6.45, 7) is 5.42. The SMILES string of the molecule is CNc1nc(NCC2(C)CC2)c2cc(C)sc2n1. The third-order valence-corrected chi connectivity index (χ3v) is 4.47. The number of aromatic nitrogens is 2. The Bertz CT molecular complexity index is 586. The van der Waals surface area contributed by atoms with Crippen LogP contribution in [0.4, 0.5) is 11.8 Å². The number of hydrogen-bond acceptors (Lipinski definition) is 5. The first kappa shape index (κ1) is 11.7. The predicted octanol–water partition coefficient (Wildman–Crippen LogP) is 3.25. The molecular weight excluding hydrogens is 244 g/mol. The van der Waals surface area contributed by atoms with Crippen molar-refractivity contribution in [1.82, 2.24) is 9.97 Å². The van der Waals surface area contributed by atoms with Crippen LogP contribution in [0.1, 0.15) is 24.6 Å². The summed E-state index contributed by atoms with van der Waals surface area (Å²) in [6, 6.07) is 2.16. The van der Waals surface area contributed by atoms with E-state index >= 15 is 0 Å². The monoisotopic (exact) mass is 262 g/mol. The van der Waals surface area contributed by atoms with E-state index in [0.29, 0.717) is 11.4 Å². The molecule has 0 spiro atoms. The molecule has 0 saturated heterocycles. The van der Waals surface area contributed by atoms with Crippen LogP contribution < -0.4 is 10.6 Å². The lowest BCUT2D eigenvalue weighted by Crippen LogP contribution is -2.13. The fraction of sp³-hybridized carbons (Fsp3) is 0.538. The Hall–Kier alpha value is -1.36. The second kappa shape index (κ2) is 4.09. The number of fused-ring (bicyclic) bond motifs is 1. The number of anilines is 2. The molecule has 3 rings (SSSR count). The maximum atomic E-state index is 4.54. The highest BCUT2D eigenvalue weighted by Gasteiger charge is 2.37. The molecule has 2 aromatic heterocycles. The molecule has 0 radical (unpaired) electrons. The van der Waals surface area contributed by atoms with Crippen molar-refractivity contribution in [2.24, 2.45) is 5.41 Å². The second-order valence-electron chi connectivity index (χ2n) is 5.39. The molecule has 1 aliphatic rings. The third kappa shape index (κ3) is 2.14. The van der Waals surface area contributed by atoms with Gasteiger partial charge >= 0.3 is 0 Å². The highest BCUT2D eigenvalue weighted by molar-refractivity contribution is 7.18. The molecule has 96 valence electrons. The number of aryl methyl sites for hydroxylation is 1. The third-order valence-electron chi connectivity index (χ3n) is 3.53. The van der Waals surface area contributed by atoms with Gasteiger partial charge in [0.05, 0.1) is 5.39 Å². The Morgan fingerprint density at radius 2 is 2.17 bits per heavy atom. The highest BCUT2D eigenvalue weighted by atomic mass is 32.1. The molecule has 1 fully saturated rings. The Kier molecular flexibility index (Phi) is 2.66. The van der Waals surface area contributed by atoms with Gasteiger partial charge in [0.15, 0.2) is 0 Å². The number of hydrogen-bond donors (Lipinski definition) is 2. The normalized spacial score (nSPS) is 16.8. The zero-order valence-electron chi connectivity index (χ0n) is 11.0. The molecule has 0 atom stereocenters. The van der Waals surface area contributed by atoms with Gasteiger partial charge in [0.2, 0.25) is 5.95 Å². The first-order valence-corrected chi connectivity index (χ1v) is 7.11. The van der Waals surface area contributed by atoms with Crippen LogP contribution in [0.25, 0.3) is 10.2 Å². The lowest BCUT2D eigenvalue weighted by molar-refractivity contribution is 0.610. The van der Waals surface area contributed by atoms with E-state index in [-0.39, 0.29) is 0 Å². The van der Waals surface area contributed by atoms with Crippen LogP contribution in [0.15, 0.2) is 6.07 Å². The summed E-state index contributed by atoms with van der Waals surface area (Å²) in [5.74, 6) is 1.65. The van der Waals surface area contributed by atoms with Crippen LogP contribution in [0, 0.1) is 12.3 Å². The van der Waals surface area contributed by atoms with Gasteiger partial charge in [0.25, 0.3) is 0 Å². The quantitative estimate of drug-likeness (QED) is 0.888. The van der Waals surface area contributed by atoms with Gasteiger partial charge in [-0.05, 0) is 31.2 Å². The van der Waals surface area contributed by atoms with Gasteiger partial charge in [-0.2, -0.15) is 4.98 Å². The van der Waals surface area contributed by atoms with E-state index in [1.54, 1.807) is 11.3 Å². The van der Waals surface area contributed by atoms with Crippen LogP contribution in [-0.2, 0) is 0 Å². The first-order valence-electron chi connectivity index (χ1n) is 6.29. The summed E-state index contributed by atoms with van der Waals surface area (Å²) >= 11 is 1.71. The van der Waals surface area contributed by atoms with E-state index in [2.05, 4.69) is 40.5 Å². The fourth-order valence-electron chi connectivity index (χ4n) is 1.98. The second-order valence-corrected chi connectivity index (χ2v) is 6.62. The lowest BCUT2D eigenvalue weighted by Gasteiger charge is -2.12. The summed E-state index contributed by atoms with van der Waals surface area (Å²) in [5.41, 5.74) is 0.474. The zero-order chi connectivity index (χ0) is 12.8. The van der Waals surface area contributed by atoms with Gasteiger partial charge in [-0.25, -0.2) is 4.98 Å². The summed E-state index contributed by atoms with van der Waals surface area (Å²) in [5, 5.41) is 7.66. The first-order chi connectivity index (χ1) is 8.59. The molecule has 4 nitrogen and oxygen atoms in total. The Balaban J connectivity index is 1.96. The molecule has 0 unspecified atom stereocenters. The number of nitrogens with one attached hydrogen (secondary N) is 2. The van der Waals surface area contributed by atoms with Crippen LogP contribution in [-0.4, -0.2) is 23.6 Å². The van der Waals surface area contributed by atoms with E-state index in [1.807, 2.05) is 7.05 Å². The van der Waals surface area contributed by atoms with Gasteiger partial charge in [0.1, 0.15) is 10.6 Å². The molecule has 5 heteroatoms. The summed E-state index contributed by atoms with van der Waals surface area (Å²) < 4.78 is 0. The maximum Gasteiger partial charge on any atom is 0.225 e. The molecule has 1 saturated carbocycles. The predicted molar refractivity (Wildman–Crippen MR) is 77.5 cm³/mol. The van der Waals surface area contributed by atoms with Gasteiger partial charge in [-0.1, -0.05) is 6.92 Å². The van der Waals surface area contributed by atoms with Crippen LogP contribution in [0.5, 0.6) is 0 Å². The van der Waals surface area contributed by atoms with Crippen molar-refractivity contribution in [3.8, 4) is 0 Å². The summed E-state index contributed by atoms with van der Waals surface area (Å²) in [4.78, 5) is 11.4. The molecule has 0 aliphatic heterocycles. The molecule has 18 heavy (non-hydrogen) atoms. The molecular formula is C13H18N4S. The minimum absolute atomic E-state index is 0.474. The van der Waals surface area contributed by atoms with Gasteiger partial charge < -0.3 is 10.6 Å².